The smallest absolute Gasteiger partial charge is 0.173 e. The van der Waals surface area contributed by atoms with Crippen molar-refractivity contribution < 1.29 is 4.74 Å². The van der Waals surface area contributed by atoms with Gasteiger partial charge in [0.2, 0.25) is 0 Å². The molecule has 2 aromatic rings. The van der Waals surface area contributed by atoms with Gasteiger partial charge in [-0.3, -0.25) is 4.90 Å². The van der Waals surface area contributed by atoms with Crippen molar-refractivity contribution in [2.24, 2.45) is 0 Å². The second kappa shape index (κ2) is 8.46. The van der Waals surface area contributed by atoms with E-state index in [1.165, 1.54) is 11.1 Å². The summed E-state index contributed by atoms with van der Waals surface area (Å²) in [5.74, 6) is 0.930. The predicted molar refractivity (Wildman–Crippen MR) is 104 cm³/mol. The number of ether oxygens (including phenoxy) is 1. The number of nitrogens with zero attached hydrogens (tertiary/aromatic N) is 6. The molecule has 2 aliphatic heterocycles. The Morgan fingerprint density at radius 1 is 1.15 bits per heavy atom. The van der Waals surface area contributed by atoms with Gasteiger partial charge in [-0.25, -0.2) is 4.68 Å². The molecule has 2 atom stereocenters. The number of rotatable bonds is 6. The molecule has 2 saturated heterocycles. The molecule has 4 rings (SSSR count). The van der Waals surface area contributed by atoms with E-state index in [9.17, 15) is 0 Å². The number of likely N-dealkylation sites (N-methyl/N-ethyl adjacent to an activating group) is 1. The largest absolute Gasteiger partial charge is 0.376 e. The predicted octanol–water partition coefficient (Wildman–Crippen LogP) is 1.89. The minimum Gasteiger partial charge on any atom is -0.376 e. The summed E-state index contributed by atoms with van der Waals surface area (Å²) in [6, 6.07) is 8.88. The molecular formula is C20H30N6O. The minimum absolute atomic E-state index is 0.0843. The SMILES string of the molecule is CCN1CCN(C(c2ccc(C)cc2)c2nnnn2CC2CCCO2)CC1. The quantitative estimate of drug-likeness (QED) is 0.774. The minimum atomic E-state index is 0.0843. The summed E-state index contributed by atoms with van der Waals surface area (Å²) < 4.78 is 7.78. The molecule has 2 unspecified atom stereocenters. The number of hydrogen-bond donors (Lipinski definition) is 0. The number of benzene rings is 1. The molecule has 0 saturated carbocycles. The molecule has 0 spiro atoms. The number of tetrazole rings is 1. The van der Waals surface area contributed by atoms with Crippen LogP contribution in [0, 0.1) is 6.92 Å². The summed E-state index contributed by atoms with van der Waals surface area (Å²) in [4.78, 5) is 5.02. The maximum absolute atomic E-state index is 5.82. The highest BCUT2D eigenvalue weighted by Gasteiger charge is 2.31. The van der Waals surface area contributed by atoms with Gasteiger partial charge in [-0.1, -0.05) is 36.8 Å². The summed E-state index contributed by atoms with van der Waals surface area (Å²) >= 11 is 0. The first-order valence-corrected chi connectivity index (χ1v) is 10.1. The highest BCUT2D eigenvalue weighted by atomic mass is 16.5. The third-order valence-electron chi connectivity index (χ3n) is 5.82. The van der Waals surface area contributed by atoms with Gasteiger partial charge in [0, 0.05) is 32.8 Å². The van der Waals surface area contributed by atoms with Crippen LogP contribution in [0.1, 0.15) is 42.8 Å². The average Bonchev–Trinajstić information content (AvgIpc) is 3.37. The van der Waals surface area contributed by atoms with E-state index in [1.807, 2.05) is 4.68 Å². The summed E-state index contributed by atoms with van der Waals surface area (Å²) in [5.41, 5.74) is 2.53. The molecule has 0 aliphatic carbocycles. The molecule has 2 fully saturated rings. The second-order valence-corrected chi connectivity index (χ2v) is 7.64. The third kappa shape index (κ3) is 4.20. The van der Waals surface area contributed by atoms with Crippen molar-refractivity contribution >= 4 is 0 Å². The Morgan fingerprint density at radius 3 is 2.59 bits per heavy atom. The summed E-state index contributed by atoms with van der Waals surface area (Å²) in [7, 11) is 0. The zero-order chi connectivity index (χ0) is 18.6. The number of aromatic nitrogens is 4. The fraction of sp³-hybridized carbons (Fsp3) is 0.650. The molecule has 27 heavy (non-hydrogen) atoms. The lowest BCUT2D eigenvalue weighted by atomic mass is 10.0. The van der Waals surface area contributed by atoms with Crippen molar-refractivity contribution in [3.05, 3.63) is 41.2 Å². The highest BCUT2D eigenvalue weighted by molar-refractivity contribution is 5.28. The van der Waals surface area contributed by atoms with Crippen molar-refractivity contribution in [1.82, 2.24) is 30.0 Å². The highest BCUT2D eigenvalue weighted by Crippen LogP contribution is 2.29. The molecule has 3 heterocycles. The van der Waals surface area contributed by atoms with Crippen LogP contribution in [0.4, 0.5) is 0 Å². The van der Waals surface area contributed by atoms with E-state index < -0.39 is 0 Å². The molecule has 7 heteroatoms. The maximum Gasteiger partial charge on any atom is 0.173 e. The molecule has 0 radical (unpaired) electrons. The molecule has 0 N–H and O–H groups in total. The lowest BCUT2D eigenvalue weighted by Crippen LogP contribution is -2.48. The number of aryl methyl sites for hydroxylation is 1. The summed E-state index contributed by atoms with van der Waals surface area (Å²) in [6.45, 7) is 11.3. The molecule has 1 aromatic carbocycles. The van der Waals surface area contributed by atoms with Gasteiger partial charge in [0.05, 0.1) is 18.7 Å². The Morgan fingerprint density at radius 2 is 1.93 bits per heavy atom. The van der Waals surface area contributed by atoms with E-state index in [0.29, 0.717) is 0 Å². The first kappa shape index (κ1) is 18.5. The van der Waals surface area contributed by atoms with E-state index in [0.717, 1.165) is 64.5 Å². The number of hydrogen-bond acceptors (Lipinski definition) is 6. The Balaban J connectivity index is 1.62. The van der Waals surface area contributed by atoms with Crippen molar-refractivity contribution in [3.8, 4) is 0 Å². The Kier molecular flexibility index (Phi) is 5.80. The fourth-order valence-corrected chi connectivity index (χ4v) is 4.13. The molecule has 2 aliphatic rings. The monoisotopic (exact) mass is 370 g/mol. The van der Waals surface area contributed by atoms with Gasteiger partial charge in [-0.05, 0) is 42.3 Å². The number of piperazine rings is 1. The van der Waals surface area contributed by atoms with Crippen LogP contribution in [0.5, 0.6) is 0 Å². The molecule has 0 amide bonds. The van der Waals surface area contributed by atoms with Crippen LogP contribution in [0.3, 0.4) is 0 Å². The van der Waals surface area contributed by atoms with Crippen LogP contribution in [-0.4, -0.2) is 75.4 Å². The molecule has 7 nitrogen and oxygen atoms in total. The Bertz CT molecular complexity index is 716. The van der Waals surface area contributed by atoms with Crippen molar-refractivity contribution in [3.63, 3.8) is 0 Å². The van der Waals surface area contributed by atoms with Gasteiger partial charge < -0.3 is 9.64 Å². The Hall–Kier alpha value is -1.83. The molecular weight excluding hydrogens is 340 g/mol. The third-order valence-corrected chi connectivity index (χ3v) is 5.82. The van der Waals surface area contributed by atoms with Gasteiger partial charge in [0.15, 0.2) is 5.82 Å². The lowest BCUT2D eigenvalue weighted by Gasteiger charge is -2.38. The van der Waals surface area contributed by atoms with Crippen LogP contribution in [0.15, 0.2) is 24.3 Å². The van der Waals surface area contributed by atoms with Crippen LogP contribution in [0.2, 0.25) is 0 Å². The van der Waals surface area contributed by atoms with Crippen molar-refractivity contribution in [1.29, 1.82) is 0 Å². The van der Waals surface area contributed by atoms with E-state index in [2.05, 4.69) is 63.4 Å². The van der Waals surface area contributed by atoms with Gasteiger partial charge in [0.1, 0.15) is 0 Å². The van der Waals surface area contributed by atoms with E-state index >= 15 is 0 Å². The summed E-state index contributed by atoms with van der Waals surface area (Å²) in [5, 5.41) is 12.8. The lowest BCUT2D eigenvalue weighted by molar-refractivity contribution is 0.0861. The normalized spacial score (nSPS) is 23.0. The molecule has 1 aromatic heterocycles. The zero-order valence-corrected chi connectivity index (χ0v) is 16.4. The average molecular weight is 371 g/mol. The van der Waals surface area contributed by atoms with Crippen molar-refractivity contribution in [2.75, 3.05) is 39.3 Å². The summed E-state index contributed by atoms with van der Waals surface area (Å²) in [6.07, 6.45) is 2.44. The van der Waals surface area contributed by atoms with Gasteiger partial charge in [-0.2, -0.15) is 0 Å². The first-order valence-electron chi connectivity index (χ1n) is 10.1. The fourth-order valence-electron chi connectivity index (χ4n) is 4.13. The van der Waals surface area contributed by atoms with Gasteiger partial charge in [-0.15, -0.1) is 5.10 Å². The maximum atomic E-state index is 5.82. The molecule has 146 valence electrons. The van der Waals surface area contributed by atoms with Gasteiger partial charge >= 0.3 is 0 Å². The molecule has 0 bridgehead atoms. The van der Waals surface area contributed by atoms with Crippen LogP contribution >= 0.6 is 0 Å². The van der Waals surface area contributed by atoms with Crippen LogP contribution in [0.25, 0.3) is 0 Å². The van der Waals surface area contributed by atoms with Crippen LogP contribution in [-0.2, 0) is 11.3 Å². The standard InChI is InChI=1S/C20H30N6O/c1-3-24-10-12-25(13-11-24)19(17-8-6-16(2)7-9-17)20-21-22-23-26(20)15-18-5-4-14-27-18/h6-9,18-19H,3-5,10-15H2,1-2H3. The second-order valence-electron chi connectivity index (χ2n) is 7.64. The first-order chi connectivity index (χ1) is 13.2. The topological polar surface area (TPSA) is 59.3 Å². The van der Waals surface area contributed by atoms with E-state index in [1.54, 1.807) is 0 Å². The van der Waals surface area contributed by atoms with Gasteiger partial charge in [0.25, 0.3) is 0 Å². The van der Waals surface area contributed by atoms with E-state index in [-0.39, 0.29) is 12.1 Å². The zero-order valence-electron chi connectivity index (χ0n) is 16.4. The van der Waals surface area contributed by atoms with E-state index in [4.69, 9.17) is 4.74 Å². The Labute approximate surface area is 161 Å². The van der Waals surface area contributed by atoms with Crippen molar-refractivity contribution in [2.45, 2.75) is 45.4 Å². The van der Waals surface area contributed by atoms with Crippen LogP contribution < -0.4 is 0 Å².